The first-order chi connectivity index (χ1) is 6.35. The van der Waals surface area contributed by atoms with E-state index in [9.17, 15) is 0 Å². The molecule has 0 saturated heterocycles. The van der Waals surface area contributed by atoms with Crippen molar-refractivity contribution in [1.82, 2.24) is 0 Å². The van der Waals surface area contributed by atoms with Gasteiger partial charge < -0.3 is 5.32 Å². The second kappa shape index (κ2) is 3.10. The summed E-state index contributed by atoms with van der Waals surface area (Å²) >= 11 is 0. The average molecular weight is 172 g/mol. The van der Waals surface area contributed by atoms with Crippen molar-refractivity contribution in [2.45, 2.75) is 19.3 Å². The minimum absolute atomic E-state index is 0.767. The molecular formula is C11H12N2. The first-order valence-electron chi connectivity index (χ1n) is 4.59. The summed E-state index contributed by atoms with van der Waals surface area (Å²) in [5.41, 5.74) is 4.49. The number of hydrogen-bond donors (Lipinski definition) is 1. The first-order valence-corrected chi connectivity index (χ1v) is 4.59. The molecule has 1 N–H and O–H groups in total. The van der Waals surface area contributed by atoms with Crippen molar-refractivity contribution in [3.63, 3.8) is 0 Å². The minimum atomic E-state index is 0.767. The van der Waals surface area contributed by atoms with Gasteiger partial charge in [0.2, 0.25) is 0 Å². The third-order valence-corrected chi connectivity index (χ3v) is 2.62. The zero-order chi connectivity index (χ0) is 9.26. The van der Waals surface area contributed by atoms with Crippen LogP contribution in [0.5, 0.6) is 0 Å². The third-order valence-electron chi connectivity index (χ3n) is 2.62. The van der Waals surface area contributed by atoms with Gasteiger partial charge in [0, 0.05) is 7.05 Å². The molecule has 1 aliphatic carbocycles. The number of hydrogen-bond acceptors (Lipinski definition) is 2. The number of nitriles is 1. The Morgan fingerprint density at radius 2 is 2.00 bits per heavy atom. The molecular weight excluding hydrogens is 160 g/mol. The van der Waals surface area contributed by atoms with E-state index in [0.29, 0.717) is 0 Å². The molecule has 66 valence electrons. The Hall–Kier alpha value is -1.49. The highest BCUT2D eigenvalue weighted by Crippen LogP contribution is 2.27. The van der Waals surface area contributed by atoms with E-state index in [2.05, 4.69) is 17.5 Å². The molecule has 2 nitrogen and oxygen atoms in total. The number of nitrogens with one attached hydrogen (secondary N) is 1. The van der Waals surface area contributed by atoms with Crippen molar-refractivity contribution in [2.24, 2.45) is 0 Å². The van der Waals surface area contributed by atoms with Crippen LogP contribution in [0, 0.1) is 11.3 Å². The number of anilines is 1. The highest BCUT2D eigenvalue weighted by atomic mass is 14.8. The fraction of sp³-hybridized carbons (Fsp3) is 0.364. The smallest absolute Gasteiger partial charge is 0.101 e. The van der Waals surface area contributed by atoms with Gasteiger partial charge in [-0.15, -0.1) is 0 Å². The zero-order valence-corrected chi connectivity index (χ0v) is 7.72. The molecule has 0 fully saturated rings. The molecule has 1 aromatic rings. The predicted octanol–water partition coefficient (Wildman–Crippen LogP) is 2.09. The van der Waals surface area contributed by atoms with Crippen LogP contribution in [0.15, 0.2) is 12.1 Å². The molecule has 0 spiro atoms. The molecule has 2 rings (SSSR count). The van der Waals surface area contributed by atoms with Crippen LogP contribution in [0.3, 0.4) is 0 Å². The minimum Gasteiger partial charge on any atom is -0.387 e. The predicted molar refractivity (Wildman–Crippen MR) is 52.7 cm³/mol. The fourth-order valence-corrected chi connectivity index (χ4v) is 1.92. The Labute approximate surface area is 78.2 Å². The summed E-state index contributed by atoms with van der Waals surface area (Å²) in [6, 6.07) is 6.35. The van der Waals surface area contributed by atoms with Crippen molar-refractivity contribution in [3.05, 3.63) is 28.8 Å². The Balaban J connectivity index is 2.55. The van der Waals surface area contributed by atoms with Gasteiger partial charge in [0.15, 0.2) is 0 Å². The van der Waals surface area contributed by atoms with Crippen molar-refractivity contribution in [2.75, 3.05) is 12.4 Å². The molecule has 0 unspecified atom stereocenters. The molecule has 0 aliphatic heterocycles. The number of aryl methyl sites for hydroxylation is 2. The fourth-order valence-electron chi connectivity index (χ4n) is 1.92. The van der Waals surface area contributed by atoms with Crippen LogP contribution < -0.4 is 5.32 Å². The van der Waals surface area contributed by atoms with Gasteiger partial charge in [0.05, 0.1) is 11.3 Å². The lowest BCUT2D eigenvalue weighted by Crippen LogP contribution is -1.95. The number of fused-ring (bicyclic) bond motifs is 1. The van der Waals surface area contributed by atoms with Gasteiger partial charge >= 0.3 is 0 Å². The van der Waals surface area contributed by atoms with E-state index in [1.165, 1.54) is 17.5 Å². The van der Waals surface area contributed by atoms with Gasteiger partial charge in [0.1, 0.15) is 6.07 Å². The lowest BCUT2D eigenvalue weighted by Gasteiger charge is -2.06. The monoisotopic (exact) mass is 172 g/mol. The summed E-state index contributed by atoms with van der Waals surface area (Å²) in [7, 11) is 1.86. The zero-order valence-electron chi connectivity index (χ0n) is 7.72. The summed E-state index contributed by atoms with van der Waals surface area (Å²) in [5.74, 6) is 0. The molecule has 1 aliphatic rings. The lowest BCUT2D eigenvalue weighted by molar-refractivity contribution is 0.912. The standard InChI is InChI=1S/C11H12N2/c1-13-11-6-9-4-2-3-8(9)5-10(11)7-12/h5-6,13H,2-4H2,1H3. The van der Waals surface area contributed by atoms with E-state index in [1.54, 1.807) is 0 Å². The van der Waals surface area contributed by atoms with Crippen molar-refractivity contribution in [1.29, 1.82) is 5.26 Å². The largest absolute Gasteiger partial charge is 0.387 e. The van der Waals surface area contributed by atoms with Crippen molar-refractivity contribution >= 4 is 5.69 Å². The molecule has 0 bridgehead atoms. The second-order valence-electron chi connectivity index (χ2n) is 3.38. The normalized spacial score (nSPS) is 13.5. The van der Waals surface area contributed by atoms with E-state index >= 15 is 0 Å². The summed E-state index contributed by atoms with van der Waals surface area (Å²) < 4.78 is 0. The number of rotatable bonds is 1. The molecule has 0 aromatic heterocycles. The van der Waals surface area contributed by atoms with Crippen molar-refractivity contribution < 1.29 is 0 Å². The topological polar surface area (TPSA) is 35.8 Å². The van der Waals surface area contributed by atoms with E-state index in [1.807, 2.05) is 13.1 Å². The lowest BCUT2D eigenvalue weighted by atomic mass is 10.0. The van der Waals surface area contributed by atoms with Gasteiger partial charge in [-0.25, -0.2) is 0 Å². The quantitative estimate of drug-likeness (QED) is 0.704. The Kier molecular flexibility index (Phi) is 1.94. The molecule has 0 amide bonds. The highest BCUT2D eigenvalue weighted by molar-refractivity contribution is 5.61. The maximum atomic E-state index is 8.89. The summed E-state index contributed by atoms with van der Waals surface area (Å²) in [5, 5.41) is 11.9. The summed E-state index contributed by atoms with van der Waals surface area (Å²) in [6.07, 6.45) is 3.52. The van der Waals surface area contributed by atoms with Crippen molar-refractivity contribution in [3.8, 4) is 6.07 Å². The molecule has 1 aromatic carbocycles. The Bertz CT molecular complexity index is 374. The van der Waals surface area contributed by atoms with Gasteiger partial charge in [0.25, 0.3) is 0 Å². The number of nitrogens with zero attached hydrogens (tertiary/aromatic N) is 1. The SMILES string of the molecule is CNc1cc2c(cc1C#N)CCC2. The maximum Gasteiger partial charge on any atom is 0.101 e. The maximum absolute atomic E-state index is 8.89. The first kappa shape index (κ1) is 8.12. The van der Waals surface area contributed by atoms with Crippen LogP contribution in [-0.2, 0) is 12.8 Å². The average Bonchev–Trinajstić information content (AvgIpc) is 2.62. The van der Waals surface area contributed by atoms with Gasteiger partial charge in [-0.1, -0.05) is 0 Å². The van der Waals surface area contributed by atoms with Crippen LogP contribution in [0.1, 0.15) is 23.1 Å². The van der Waals surface area contributed by atoms with Crippen LogP contribution in [0.4, 0.5) is 5.69 Å². The molecule has 2 heteroatoms. The Morgan fingerprint density at radius 3 is 2.62 bits per heavy atom. The van der Waals surface area contributed by atoms with Crippen LogP contribution >= 0.6 is 0 Å². The number of benzene rings is 1. The van der Waals surface area contributed by atoms with Gasteiger partial charge in [-0.2, -0.15) is 5.26 Å². The second-order valence-corrected chi connectivity index (χ2v) is 3.38. The van der Waals surface area contributed by atoms with Crippen LogP contribution in [0.2, 0.25) is 0 Å². The van der Waals surface area contributed by atoms with Gasteiger partial charge in [-0.05, 0) is 42.5 Å². The summed E-state index contributed by atoms with van der Waals surface area (Å²) in [4.78, 5) is 0. The van der Waals surface area contributed by atoms with E-state index in [0.717, 1.165) is 24.1 Å². The molecule has 0 heterocycles. The third kappa shape index (κ3) is 1.27. The molecule has 0 saturated carbocycles. The Morgan fingerprint density at radius 1 is 1.31 bits per heavy atom. The summed E-state index contributed by atoms with van der Waals surface area (Å²) in [6.45, 7) is 0. The van der Waals surface area contributed by atoms with Crippen LogP contribution in [0.25, 0.3) is 0 Å². The molecule has 13 heavy (non-hydrogen) atoms. The van der Waals surface area contributed by atoms with E-state index in [4.69, 9.17) is 5.26 Å². The molecule has 0 atom stereocenters. The van der Waals surface area contributed by atoms with E-state index < -0.39 is 0 Å². The molecule has 0 radical (unpaired) electrons. The van der Waals surface area contributed by atoms with Gasteiger partial charge in [-0.3, -0.25) is 0 Å². The van der Waals surface area contributed by atoms with Crippen LogP contribution in [-0.4, -0.2) is 7.05 Å². The van der Waals surface area contributed by atoms with E-state index in [-0.39, 0.29) is 0 Å². The highest BCUT2D eigenvalue weighted by Gasteiger charge is 2.13.